The Balaban J connectivity index is 0.966. The third kappa shape index (κ3) is 6.74. The molecule has 328 valence electrons. The van der Waals surface area contributed by atoms with Gasteiger partial charge in [-0.15, -0.1) is 11.3 Å². The molecule has 0 spiro atoms. The van der Waals surface area contributed by atoms with E-state index in [9.17, 15) is 0 Å². The Bertz CT molecular complexity index is 4240. The van der Waals surface area contributed by atoms with E-state index in [4.69, 9.17) is 9.98 Å². The second-order valence-corrected chi connectivity index (χ2v) is 19.2. The van der Waals surface area contributed by atoms with Gasteiger partial charge < -0.3 is 9.88 Å². The van der Waals surface area contributed by atoms with Gasteiger partial charge in [0.05, 0.1) is 16.7 Å². The van der Waals surface area contributed by atoms with Gasteiger partial charge in [-0.25, -0.2) is 9.98 Å². The summed E-state index contributed by atoms with van der Waals surface area (Å²) in [5, 5.41) is 13.7. The summed E-state index contributed by atoms with van der Waals surface area (Å²) in [6.07, 6.45) is -0.379. The number of aromatic nitrogens is 1. The van der Waals surface area contributed by atoms with Crippen LogP contribution in [-0.2, 0) is 0 Å². The molecule has 1 aliphatic rings. The largest absolute Gasteiger partial charge is 0.344 e. The highest BCUT2D eigenvalue weighted by Crippen LogP contribution is 2.47. The number of para-hydroxylation sites is 1. The number of nitrogens with one attached hydrogen (secondary N) is 1. The van der Waals surface area contributed by atoms with Crippen molar-refractivity contribution >= 4 is 86.5 Å². The summed E-state index contributed by atoms with van der Waals surface area (Å²) in [6, 6.07) is 87.8. The molecule has 1 unspecified atom stereocenters. The van der Waals surface area contributed by atoms with Crippen LogP contribution in [0, 0.1) is 0 Å². The molecular formula is C65H42N4S. The minimum atomic E-state index is -0.379. The van der Waals surface area contributed by atoms with Crippen molar-refractivity contribution in [3.05, 3.63) is 259 Å². The molecule has 1 aliphatic heterocycles. The fourth-order valence-corrected chi connectivity index (χ4v) is 11.8. The normalized spacial score (nSPS) is 13.9. The molecule has 2 aromatic heterocycles. The number of aliphatic imine (C=N–C) groups is 2. The predicted molar refractivity (Wildman–Crippen MR) is 297 cm³/mol. The highest BCUT2D eigenvalue weighted by Gasteiger charge is 2.26. The standard InChI is InChI=1S/C65H42N4S/c1-3-15-41(16-4-1)42-27-29-43(30-28-42)44-31-33-46(34-32-44)64-66-63(45-17-5-2-6-18-45)67-65(68-64)50-35-36-57(69-56-25-13-11-23-52(56)54-37-47-19-7-8-20-48(47)39-58(54)69)55(38-50)61-51-22-10-9-21-49(51)40-60-62(61)53-24-12-14-26-59(53)70-60/h1-40,64H,(H,66,67,68). The first-order valence-corrected chi connectivity index (χ1v) is 24.6. The number of hydrogen-bond acceptors (Lipinski definition) is 4. The molecule has 0 radical (unpaired) electrons. The maximum atomic E-state index is 5.37. The zero-order valence-corrected chi connectivity index (χ0v) is 38.7. The van der Waals surface area contributed by atoms with Crippen molar-refractivity contribution in [3.8, 4) is 39.1 Å². The minimum Gasteiger partial charge on any atom is -0.344 e. The van der Waals surface area contributed by atoms with Gasteiger partial charge in [-0.05, 0) is 97.9 Å². The van der Waals surface area contributed by atoms with Crippen LogP contribution in [-0.4, -0.2) is 16.2 Å². The van der Waals surface area contributed by atoms with Crippen LogP contribution >= 0.6 is 11.3 Å². The second kappa shape index (κ2) is 16.4. The van der Waals surface area contributed by atoms with Gasteiger partial charge >= 0.3 is 0 Å². The van der Waals surface area contributed by atoms with Gasteiger partial charge in [0, 0.05) is 53.2 Å². The quantitative estimate of drug-likeness (QED) is 0.170. The Morgan fingerprint density at radius 2 is 0.971 bits per heavy atom. The summed E-state index contributed by atoms with van der Waals surface area (Å²) < 4.78 is 5.03. The Hall–Kier alpha value is -8.90. The molecular weight excluding hydrogens is 869 g/mol. The minimum absolute atomic E-state index is 0.379. The first-order valence-electron chi connectivity index (χ1n) is 23.8. The van der Waals surface area contributed by atoms with Crippen molar-refractivity contribution < 1.29 is 0 Å². The second-order valence-electron chi connectivity index (χ2n) is 18.1. The zero-order valence-electron chi connectivity index (χ0n) is 37.9. The molecule has 14 rings (SSSR count). The van der Waals surface area contributed by atoms with Crippen molar-refractivity contribution in [1.82, 2.24) is 9.88 Å². The molecule has 11 aromatic carbocycles. The number of benzene rings is 11. The molecule has 0 saturated heterocycles. The van der Waals surface area contributed by atoms with Crippen LogP contribution in [0.1, 0.15) is 22.9 Å². The monoisotopic (exact) mass is 910 g/mol. The van der Waals surface area contributed by atoms with Crippen LogP contribution in [0.15, 0.2) is 253 Å². The van der Waals surface area contributed by atoms with E-state index in [0.29, 0.717) is 5.84 Å². The Morgan fingerprint density at radius 1 is 0.400 bits per heavy atom. The van der Waals surface area contributed by atoms with Crippen molar-refractivity contribution in [2.24, 2.45) is 9.98 Å². The number of nitrogens with zero attached hydrogens (tertiary/aromatic N) is 3. The summed E-state index contributed by atoms with van der Waals surface area (Å²) in [7, 11) is 0. The summed E-state index contributed by atoms with van der Waals surface area (Å²) in [6.45, 7) is 0. The molecule has 0 bridgehead atoms. The molecule has 13 aromatic rings. The van der Waals surface area contributed by atoms with Gasteiger partial charge in [0.1, 0.15) is 12.0 Å². The molecule has 1 N–H and O–H groups in total. The molecule has 5 heteroatoms. The highest BCUT2D eigenvalue weighted by molar-refractivity contribution is 7.26. The lowest BCUT2D eigenvalue weighted by Crippen LogP contribution is -2.33. The number of thiophene rings is 1. The SMILES string of the molecule is c1ccc(C2=NC(c3ccc(-c4ccc(-c5ccccc5)cc4)cc3)NC(c3ccc(-n4c5ccccc5c5cc6ccccc6cc54)c(-c4c5ccccc5cc5sc6ccccc6c45)c3)=N2)cc1. The average molecular weight is 911 g/mol. The first kappa shape index (κ1) is 40.2. The van der Waals surface area contributed by atoms with E-state index in [1.165, 1.54) is 80.3 Å². The zero-order chi connectivity index (χ0) is 46.1. The lowest BCUT2D eigenvalue weighted by Gasteiger charge is -2.25. The molecule has 0 amide bonds. The molecule has 0 saturated carbocycles. The number of amidine groups is 2. The third-order valence-corrected chi connectivity index (χ3v) is 15.2. The Labute approximate surface area is 408 Å². The van der Waals surface area contributed by atoms with Crippen molar-refractivity contribution in [2.45, 2.75) is 6.17 Å². The fourth-order valence-electron chi connectivity index (χ4n) is 10.7. The molecule has 1 atom stereocenters. The van der Waals surface area contributed by atoms with Crippen LogP contribution < -0.4 is 5.32 Å². The Morgan fingerprint density at radius 3 is 1.71 bits per heavy atom. The topological polar surface area (TPSA) is 41.7 Å². The van der Waals surface area contributed by atoms with E-state index in [1.807, 2.05) is 17.4 Å². The van der Waals surface area contributed by atoms with Gasteiger partial charge in [0.15, 0.2) is 5.84 Å². The van der Waals surface area contributed by atoms with Crippen molar-refractivity contribution in [2.75, 3.05) is 0 Å². The van der Waals surface area contributed by atoms with Crippen LogP contribution in [0.3, 0.4) is 0 Å². The van der Waals surface area contributed by atoms with E-state index in [1.54, 1.807) is 0 Å². The van der Waals surface area contributed by atoms with Crippen molar-refractivity contribution in [3.63, 3.8) is 0 Å². The number of hydrogen-bond donors (Lipinski definition) is 1. The van der Waals surface area contributed by atoms with Crippen LogP contribution in [0.4, 0.5) is 0 Å². The average Bonchev–Trinajstić information content (AvgIpc) is 3.96. The van der Waals surface area contributed by atoms with Gasteiger partial charge in [-0.1, -0.05) is 194 Å². The Kier molecular flexibility index (Phi) is 9.42. The van der Waals surface area contributed by atoms with E-state index in [0.717, 1.165) is 44.9 Å². The number of rotatable bonds is 7. The molecule has 0 fully saturated rings. The van der Waals surface area contributed by atoms with Gasteiger partial charge in [-0.3, -0.25) is 0 Å². The summed E-state index contributed by atoms with van der Waals surface area (Å²) in [4.78, 5) is 10.7. The maximum Gasteiger partial charge on any atom is 0.159 e. The fraction of sp³-hybridized carbons (Fsp3) is 0.0154. The maximum absolute atomic E-state index is 5.37. The molecule has 70 heavy (non-hydrogen) atoms. The van der Waals surface area contributed by atoms with Crippen molar-refractivity contribution in [1.29, 1.82) is 0 Å². The highest BCUT2D eigenvalue weighted by atomic mass is 32.1. The lowest BCUT2D eigenvalue weighted by molar-refractivity contribution is 0.674. The van der Waals surface area contributed by atoms with E-state index in [-0.39, 0.29) is 6.17 Å². The van der Waals surface area contributed by atoms with E-state index in [2.05, 4.69) is 246 Å². The summed E-state index contributed by atoms with van der Waals surface area (Å²) >= 11 is 1.86. The third-order valence-electron chi connectivity index (χ3n) is 14.0. The molecule has 3 heterocycles. The smallest absolute Gasteiger partial charge is 0.159 e. The molecule has 4 nitrogen and oxygen atoms in total. The van der Waals surface area contributed by atoms with E-state index >= 15 is 0 Å². The number of fused-ring (bicyclic) bond motifs is 8. The van der Waals surface area contributed by atoms with Crippen LogP contribution in [0.2, 0.25) is 0 Å². The van der Waals surface area contributed by atoms with E-state index < -0.39 is 0 Å². The summed E-state index contributed by atoms with van der Waals surface area (Å²) in [5.74, 6) is 1.46. The van der Waals surface area contributed by atoms with Gasteiger partial charge in [-0.2, -0.15) is 0 Å². The molecule has 0 aliphatic carbocycles. The van der Waals surface area contributed by atoms with Crippen LogP contribution in [0.25, 0.3) is 103 Å². The lowest BCUT2D eigenvalue weighted by atomic mass is 9.91. The van der Waals surface area contributed by atoms with Gasteiger partial charge in [0.25, 0.3) is 0 Å². The van der Waals surface area contributed by atoms with Gasteiger partial charge in [0.2, 0.25) is 0 Å². The first-order chi connectivity index (χ1) is 34.7. The van der Waals surface area contributed by atoms with Crippen LogP contribution in [0.5, 0.6) is 0 Å². The summed E-state index contributed by atoms with van der Waals surface area (Å²) in [5.41, 5.74) is 13.5. The predicted octanol–water partition coefficient (Wildman–Crippen LogP) is 17.0.